The number of hydrogen-bond donors (Lipinski definition) is 2. The quantitative estimate of drug-likeness (QED) is 0.462. The maximum atomic E-state index is 13.4. The molecule has 3 N–H and O–H groups in total. The first-order valence-electron chi connectivity index (χ1n) is 12.8. The number of piperidine rings is 1. The summed E-state index contributed by atoms with van der Waals surface area (Å²) >= 11 is 6.83. The van der Waals surface area contributed by atoms with E-state index in [9.17, 15) is 22.8 Å². The molecular weight excluding hydrogens is 495 g/mol. The fourth-order valence-corrected chi connectivity index (χ4v) is 6.56. The van der Waals surface area contributed by atoms with Gasteiger partial charge in [-0.3, -0.25) is 14.3 Å². The van der Waals surface area contributed by atoms with E-state index >= 15 is 0 Å². The molecule has 1 aliphatic heterocycles. The van der Waals surface area contributed by atoms with E-state index in [1.165, 1.54) is 6.92 Å². The Morgan fingerprint density at radius 3 is 2.53 bits per heavy atom. The molecule has 0 aromatic rings. The topological polar surface area (TPSA) is 84.7 Å². The molecule has 5 unspecified atom stereocenters. The van der Waals surface area contributed by atoms with Crippen LogP contribution >= 0.6 is 11.6 Å². The zero-order valence-electron chi connectivity index (χ0n) is 21.6. The van der Waals surface area contributed by atoms with Gasteiger partial charge in [-0.25, -0.2) is 0 Å². The van der Waals surface area contributed by atoms with Crippen molar-refractivity contribution in [2.75, 3.05) is 13.1 Å². The van der Waals surface area contributed by atoms with Crippen LogP contribution in [0.1, 0.15) is 79.1 Å². The van der Waals surface area contributed by atoms with E-state index in [-0.39, 0.29) is 37.1 Å². The zero-order chi connectivity index (χ0) is 26.9. The van der Waals surface area contributed by atoms with Crippen molar-refractivity contribution >= 4 is 23.4 Å². The normalized spacial score (nSPS) is 35.6. The number of amides is 2. The largest absolute Gasteiger partial charge is 0.523 e. The number of likely N-dealkylation sites (tertiary alicyclic amines) is 1. The lowest BCUT2D eigenvalue weighted by molar-refractivity contribution is -0.378. The Bertz CT molecular complexity index is 924. The van der Waals surface area contributed by atoms with E-state index < -0.39 is 29.0 Å². The van der Waals surface area contributed by atoms with Gasteiger partial charge in [-0.15, -0.1) is 13.2 Å². The third-order valence-electron chi connectivity index (χ3n) is 8.71. The minimum atomic E-state index is -4.77. The molecule has 1 saturated heterocycles. The number of carbonyl (C=O) groups is 2. The average Bonchev–Trinajstić information content (AvgIpc) is 2.77. The highest BCUT2D eigenvalue weighted by atomic mass is 35.5. The molecule has 1 fully saturated rings. The van der Waals surface area contributed by atoms with Crippen LogP contribution in [0.3, 0.4) is 0 Å². The van der Waals surface area contributed by atoms with Gasteiger partial charge in [-0.1, -0.05) is 37.6 Å². The van der Waals surface area contributed by atoms with Gasteiger partial charge < -0.3 is 16.0 Å². The highest BCUT2D eigenvalue weighted by molar-refractivity contribution is 6.30. The number of nitrogens with one attached hydrogen (secondary N) is 1. The predicted molar refractivity (Wildman–Crippen MR) is 133 cm³/mol. The fraction of sp³-hybridized carbons (Fsp3) is 0.769. The van der Waals surface area contributed by atoms with Gasteiger partial charge in [0, 0.05) is 41.9 Å². The Hall–Kier alpha value is -1.58. The maximum Gasteiger partial charge on any atom is 0.523 e. The Morgan fingerprint density at radius 1 is 1.22 bits per heavy atom. The van der Waals surface area contributed by atoms with Crippen molar-refractivity contribution in [2.45, 2.75) is 103 Å². The number of carbonyl (C=O) groups excluding carboxylic acids is 2. The second kappa shape index (κ2) is 10.7. The lowest BCUT2D eigenvalue weighted by Gasteiger charge is -2.53. The van der Waals surface area contributed by atoms with Crippen molar-refractivity contribution in [3.8, 4) is 0 Å². The maximum absolute atomic E-state index is 13.4. The number of allylic oxidation sites excluding steroid dienone is 1. The summed E-state index contributed by atoms with van der Waals surface area (Å²) in [4.78, 5) is 27.6. The number of hydrogen-bond acceptors (Lipinski definition) is 4. The number of alkyl halides is 3. The molecule has 3 aliphatic rings. The summed E-state index contributed by atoms with van der Waals surface area (Å²) in [7, 11) is 0. The molecular formula is C26H39ClF3N3O3. The van der Waals surface area contributed by atoms with E-state index in [2.05, 4.69) is 5.32 Å². The Kier molecular flexibility index (Phi) is 8.58. The zero-order valence-corrected chi connectivity index (χ0v) is 22.4. The second-order valence-electron chi connectivity index (χ2n) is 11.2. The van der Waals surface area contributed by atoms with Crippen LogP contribution < -0.4 is 11.1 Å². The predicted octanol–water partition coefficient (Wildman–Crippen LogP) is 5.17. The summed E-state index contributed by atoms with van der Waals surface area (Å²) in [6.07, 6.45) is 2.52. The van der Waals surface area contributed by atoms with Gasteiger partial charge in [0.05, 0.1) is 5.60 Å². The summed E-state index contributed by atoms with van der Waals surface area (Å²) in [5.41, 5.74) is 3.14. The molecule has 10 heteroatoms. The SMILES string of the molecule is CC1CC(C2(C)CC=CCC2(C)OC(F)(F)F)=C(Cl)CC1(C)NC(=O)C1CCCCN1C(=O)CCN. The molecule has 6 nitrogen and oxygen atoms in total. The van der Waals surface area contributed by atoms with Crippen LogP contribution in [-0.4, -0.2) is 53.3 Å². The summed E-state index contributed by atoms with van der Waals surface area (Å²) in [6, 6.07) is -0.560. The lowest BCUT2D eigenvalue weighted by atomic mass is 9.58. The number of nitrogens with zero attached hydrogens (tertiary/aromatic N) is 1. The van der Waals surface area contributed by atoms with Crippen LogP contribution in [0.5, 0.6) is 0 Å². The van der Waals surface area contributed by atoms with Crippen molar-refractivity contribution < 1.29 is 27.5 Å². The van der Waals surface area contributed by atoms with Crippen LogP contribution in [0.15, 0.2) is 22.8 Å². The average molecular weight is 534 g/mol. The van der Waals surface area contributed by atoms with Crippen LogP contribution in [0.2, 0.25) is 0 Å². The van der Waals surface area contributed by atoms with E-state index in [1.54, 1.807) is 17.9 Å². The lowest BCUT2D eigenvalue weighted by Crippen LogP contribution is -2.60. The van der Waals surface area contributed by atoms with Crippen LogP contribution in [0, 0.1) is 11.3 Å². The number of nitrogens with two attached hydrogens (primary N) is 1. The van der Waals surface area contributed by atoms with Gasteiger partial charge in [0.25, 0.3) is 0 Å². The van der Waals surface area contributed by atoms with Crippen molar-refractivity contribution in [2.24, 2.45) is 17.1 Å². The molecule has 0 aromatic carbocycles. The van der Waals surface area contributed by atoms with Gasteiger partial charge in [0.2, 0.25) is 11.8 Å². The molecule has 0 aromatic heterocycles. The highest BCUT2D eigenvalue weighted by Gasteiger charge is 2.56. The summed E-state index contributed by atoms with van der Waals surface area (Å²) in [5.74, 6) is -0.449. The van der Waals surface area contributed by atoms with E-state index in [1.807, 2.05) is 19.9 Å². The number of halogens is 4. The molecule has 0 radical (unpaired) electrons. The molecule has 0 spiro atoms. The molecule has 204 valence electrons. The highest BCUT2D eigenvalue weighted by Crippen LogP contribution is 2.56. The van der Waals surface area contributed by atoms with Crippen molar-refractivity contribution in [1.29, 1.82) is 0 Å². The van der Waals surface area contributed by atoms with Gasteiger partial charge >= 0.3 is 6.36 Å². The van der Waals surface area contributed by atoms with E-state index in [0.717, 1.165) is 18.4 Å². The number of ether oxygens (including phenoxy) is 1. The first-order valence-corrected chi connectivity index (χ1v) is 13.1. The second-order valence-corrected chi connectivity index (χ2v) is 11.7. The molecule has 36 heavy (non-hydrogen) atoms. The first-order chi connectivity index (χ1) is 16.7. The van der Waals surface area contributed by atoms with Crippen molar-refractivity contribution in [3.05, 3.63) is 22.8 Å². The molecule has 2 amide bonds. The van der Waals surface area contributed by atoms with Crippen LogP contribution in [-0.2, 0) is 14.3 Å². The van der Waals surface area contributed by atoms with Gasteiger partial charge in [-0.2, -0.15) is 0 Å². The van der Waals surface area contributed by atoms with Gasteiger partial charge in [0.1, 0.15) is 6.04 Å². The molecule has 1 heterocycles. The molecule has 0 bridgehead atoms. The monoisotopic (exact) mass is 533 g/mol. The van der Waals surface area contributed by atoms with Gasteiger partial charge in [-0.05, 0) is 63.9 Å². The molecule has 2 aliphatic carbocycles. The van der Waals surface area contributed by atoms with Crippen molar-refractivity contribution in [3.63, 3.8) is 0 Å². The minimum absolute atomic E-state index is 0.103. The minimum Gasteiger partial charge on any atom is -0.349 e. The molecule has 5 atom stereocenters. The van der Waals surface area contributed by atoms with Gasteiger partial charge in [0.15, 0.2) is 0 Å². The van der Waals surface area contributed by atoms with Crippen molar-refractivity contribution in [1.82, 2.24) is 10.2 Å². The van der Waals surface area contributed by atoms with Crippen LogP contribution in [0.25, 0.3) is 0 Å². The Morgan fingerprint density at radius 2 is 1.89 bits per heavy atom. The summed E-state index contributed by atoms with van der Waals surface area (Å²) in [6.45, 7) is 7.93. The molecule has 0 saturated carbocycles. The third kappa shape index (κ3) is 5.78. The van der Waals surface area contributed by atoms with E-state index in [4.69, 9.17) is 22.1 Å². The summed E-state index contributed by atoms with van der Waals surface area (Å²) in [5, 5.41) is 3.62. The first kappa shape index (κ1) is 29.0. The smallest absolute Gasteiger partial charge is 0.349 e. The molecule has 3 rings (SSSR count). The van der Waals surface area contributed by atoms with Crippen LogP contribution in [0.4, 0.5) is 13.2 Å². The number of rotatable bonds is 6. The third-order valence-corrected chi connectivity index (χ3v) is 9.08. The Labute approximate surface area is 216 Å². The fourth-order valence-electron chi connectivity index (χ4n) is 5.99. The summed E-state index contributed by atoms with van der Waals surface area (Å²) < 4.78 is 44.8. The van der Waals surface area contributed by atoms with E-state index in [0.29, 0.717) is 37.3 Å². The standard InChI is InChI=1S/C26H39ClF3N3O3/c1-17-15-18(23(2)11-6-7-12-25(23,4)36-26(28,29)30)19(27)16-24(17,3)32-22(35)20-9-5-8-14-33(20)21(34)10-13-31/h6-7,17,20H,5,8-16,31H2,1-4H3,(H,32,35). The Balaban J connectivity index is 1.85.